The summed E-state index contributed by atoms with van der Waals surface area (Å²) in [6.45, 7) is -0.507. The Morgan fingerprint density at radius 2 is 2.19 bits per heavy atom. The number of rotatable bonds is 5. The summed E-state index contributed by atoms with van der Waals surface area (Å²) in [5, 5.41) is 8.63. The first-order chi connectivity index (χ1) is 7.58. The van der Waals surface area contributed by atoms with Crippen LogP contribution >= 0.6 is 11.6 Å². The minimum Gasteiger partial charge on any atom is -0.493 e. The fraction of sp³-hybridized carbons (Fsp3) is 0.200. The van der Waals surface area contributed by atoms with Gasteiger partial charge in [-0.25, -0.2) is 4.79 Å². The van der Waals surface area contributed by atoms with Gasteiger partial charge in [0, 0.05) is 11.6 Å². The van der Waals surface area contributed by atoms with Gasteiger partial charge in [-0.1, -0.05) is 11.6 Å². The molecule has 86 valence electrons. The van der Waals surface area contributed by atoms with Gasteiger partial charge in [0.2, 0.25) is 0 Å². The fourth-order valence-electron chi connectivity index (χ4n) is 1.05. The number of carbonyl (C=O) groups is 2. The van der Waals surface area contributed by atoms with Crippen LogP contribution in [0.5, 0.6) is 11.5 Å². The Bertz CT molecular complexity index is 416. The molecule has 1 N–H and O–H groups in total. The Hall–Kier alpha value is -1.75. The Balaban J connectivity index is 3.03. The van der Waals surface area contributed by atoms with E-state index in [1.807, 2.05) is 0 Å². The zero-order valence-electron chi connectivity index (χ0n) is 8.40. The first-order valence-electron chi connectivity index (χ1n) is 4.25. The van der Waals surface area contributed by atoms with E-state index in [1.165, 1.54) is 19.2 Å². The molecular weight excluding hydrogens is 236 g/mol. The Labute approximate surface area is 96.5 Å². The first-order valence-corrected chi connectivity index (χ1v) is 4.63. The van der Waals surface area contributed by atoms with E-state index in [0.29, 0.717) is 6.29 Å². The summed E-state index contributed by atoms with van der Waals surface area (Å²) in [6, 6.07) is 2.72. The second-order valence-electron chi connectivity index (χ2n) is 2.82. The minimum atomic E-state index is -1.11. The van der Waals surface area contributed by atoms with Gasteiger partial charge in [-0.15, -0.1) is 0 Å². The Morgan fingerprint density at radius 1 is 1.50 bits per heavy atom. The zero-order valence-corrected chi connectivity index (χ0v) is 9.15. The third-order valence-corrected chi connectivity index (χ3v) is 2.09. The number of methoxy groups -OCH3 is 1. The summed E-state index contributed by atoms with van der Waals surface area (Å²) < 4.78 is 9.88. The number of aldehydes is 1. The molecule has 0 aliphatic carbocycles. The molecule has 0 spiro atoms. The number of carbonyl (C=O) groups excluding carboxylic acids is 1. The summed E-state index contributed by atoms with van der Waals surface area (Å²) in [5.74, 6) is -0.675. The van der Waals surface area contributed by atoms with Gasteiger partial charge in [0.15, 0.2) is 24.4 Å². The Morgan fingerprint density at radius 3 is 2.69 bits per heavy atom. The topological polar surface area (TPSA) is 72.8 Å². The van der Waals surface area contributed by atoms with Crippen LogP contribution in [0, 0.1) is 0 Å². The lowest BCUT2D eigenvalue weighted by Crippen LogP contribution is -2.10. The lowest BCUT2D eigenvalue weighted by atomic mass is 10.2. The van der Waals surface area contributed by atoms with E-state index in [4.69, 9.17) is 26.2 Å². The van der Waals surface area contributed by atoms with Crippen LogP contribution in [0.25, 0.3) is 0 Å². The molecule has 0 amide bonds. The average molecular weight is 245 g/mol. The Kier molecular flexibility index (Phi) is 4.13. The molecule has 0 heterocycles. The third kappa shape index (κ3) is 2.87. The van der Waals surface area contributed by atoms with Crippen LogP contribution < -0.4 is 9.47 Å². The van der Waals surface area contributed by atoms with Gasteiger partial charge < -0.3 is 14.6 Å². The van der Waals surface area contributed by atoms with Crippen LogP contribution in [0.15, 0.2) is 12.1 Å². The first kappa shape index (κ1) is 12.3. The number of aliphatic carboxylic acids is 1. The molecule has 1 rings (SSSR count). The smallest absolute Gasteiger partial charge is 0.341 e. The van der Waals surface area contributed by atoms with Crippen molar-refractivity contribution >= 4 is 23.9 Å². The molecule has 6 heteroatoms. The van der Waals surface area contributed by atoms with Crippen molar-refractivity contribution in [3.8, 4) is 11.5 Å². The summed E-state index contributed by atoms with van der Waals surface area (Å²) in [4.78, 5) is 20.9. The van der Waals surface area contributed by atoms with Gasteiger partial charge >= 0.3 is 5.97 Å². The third-order valence-electron chi connectivity index (χ3n) is 1.76. The van der Waals surface area contributed by atoms with Crippen molar-refractivity contribution in [2.24, 2.45) is 0 Å². The molecular formula is C10H9ClO5. The number of benzene rings is 1. The van der Waals surface area contributed by atoms with Crippen LogP contribution in [0.4, 0.5) is 0 Å². The van der Waals surface area contributed by atoms with Crippen LogP contribution in [0.3, 0.4) is 0 Å². The number of carboxylic acid groups (broad SMARTS) is 1. The molecule has 0 saturated carbocycles. The van der Waals surface area contributed by atoms with Crippen molar-refractivity contribution in [3.63, 3.8) is 0 Å². The molecule has 0 aromatic heterocycles. The van der Waals surface area contributed by atoms with E-state index in [1.54, 1.807) is 0 Å². The maximum atomic E-state index is 10.6. The molecule has 0 aliphatic rings. The standard InChI is InChI=1S/C10H9ClO5/c1-15-8-2-6(4-12)7(11)3-9(8)16-5-10(13)14/h2-4H,5H2,1H3,(H,13,14). The normalized spacial score (nSPS) is 9.62. The minimum absolute atomic E-state index is 0.177. The van der Waals surface area contributed by atoms with Crippen molar-refractivity contribution in [2.45, 2.75) is 0 Å². The predicted octanol–water partition coefficient (Wildman–Crippen LogP) is 1.62. The molecule has 0 bridgehead atoms. The molecule has 0 radical (unpaired) electrons. The molecule has 0 unspecified atom stereocenters. The van der Waals surface area contributed by atoms with Crippen LogP contribution in [-0.2, 0) is 4.79 Å². The maximum Gasteiger partial charge on any atom is 0.341 e. The van der Waals surface area contributed by atoms with Gasteiger partial charge in [-0.2, -0.15) is 0 Å². The summed E-state index contributed by atoms with van der Waals surface area (Å²) in [5.41, 5.74) is 0.251. The van der Waals surface area contributed by atoms with Gasteiger partial charge in [-0.05, 0) is 6.07 Å². The molecule has 1 aromatic carbocycles. The second kappa shape index (κ2) is 5.37. The molecule has 0 fully saturated rings. The highest BCUT2D eigenvalue weighted by Crippen LogP contribution is 2.32. The van der Waals surface area contributed by atoms with Crippen molar-refractivity contribution in [3.05, 3.63) is 22.7 Å². The summed E-state index contributed by atoms with van der Waals surface area (Å²) in [6.07, 6.45) is 0.575. The lowest BCUT2D eigenvalue weighted by Gasteiger charge is -2.10. The fourth-order valence-corrected chi connectivity index (χ4v) is 1.25. The van der Waals surface area contributed by atoms with E-state index >= 15 is 0 Å². The second-order valence-corrected chi connectivity index (χ2v) is 3.23. The quantitative estimate of drug-likeness (QED) is 0.797. The van der Waals surface area contributed by atoms with E-state index < -0.39 is 12.6 Å². The van der Waals surface area contributed by atoms with Gasteiger partial charge in [0.25, 0.3) is 0 Å². The number of hydrogen-bond acceptors (Lipinski definition) is 4. The van der Waals surface area contributed by atoms with Crippen molar-refractivity contribution in [1.29, 1.82) is 0 Å². The maximum absolute atomic E-state index is 10.6. The highest BCUT2D eigenvalue weighted by molar-refractivity contribution is 6.33. The largest absolute Gasteiger partial charge is 0.493 e. The van der Waals surface area contributed by atoms with E-state index in [2.05, 4.69) is 0 Å². The highest BCUT2D eigenvalue weighted by atomic mass is 35.5. The van der Waals surface area contributed by atoms with Crippen molar-refractivity contribution in [2.75, 3.05) is 13.7 Å². The number of halogens is 1. The number of ether oxygens (including phenoxy) is 2. The molecule has 1 aromatic rings. The molecule has 0 saturated heterocycles. The van der Waals surface area contributed by atoms with E-state index in [9.17, 15) is 9.59 Å². The van der Waals surface area contributed by atoms with E-state index in [-0.39, 0.29) is 22.1 Å². The van der Waals surface area contributed by atoms with Crippen molar-refractivity contribution < 1.29 is 24.2 Å². The van der Waals surface area contributed by atoms with Gasteiger partial charge in [0.1, 0.15) is 0 Å². The SMILES string of the molecule is COc1cc(C=O)c(Cl)cc1OCC(=O)O. The molecule has 0 atom stereocenters. The number of carboxylic acids is 1. The molecule has 16 heavy (non-hydrogen) atoms. The van der Waals surface area contributed by atoms with Gasteiger partial charge in [0.05, 0.1) is 12.1 Å². The van der Waals surface area contributed by atoms with Crippen LogP contribution in [0.2, 0.25) is 5.02 Å². The number of hydrogen-bond donors (Lipinski definition) is 1. The summed E-state index contributed by atoms with van der Waals surface area (Å²) >= 11 is 5.76. The van der Waals surface area contributed by atoms with Crippen LogP contribution in [0.1, 0.15) is 10.4 Å². The predicted molar refractivity (Wildman–Crippen MR) is 56.5 cm³/mol. The molecule has 0 aliphatic heterocycles. The van der Waals surface area contributed by atoms with Crippen LogP contribution in [-0.4, -0.2) is 31.1 Å². The zero-order chi connectivity index (χ0) is 12.1. The average Bonchev–Trinajstić information content (AvgIpc) is 2.26. The lowest BCUT2D eigenvalue weighted by molar-refractivity contribution is -0.139. The summed E-state index contributed by atoms with van der Waals surface area (Å²) in [7, 11) is 1.38. The van der Waals surface area contributed by atoms with E-state index in [0.717, 1.165) is 0 Å². The van der Waals surface area contributed by atoms with Gasteiger partial charge in [-0.3, -0.25) is 4.79 Å². The highest BCUT2D eigenvalue weighted by Gasteiger charge is 2.11. The van der Waals surface area contributed by atoms with Crippen molar-refractivity contribution in [1.82, 2.24) is 0 Å². The molecule has 5 nitrogen and oxygen atoms in total. The monoisotopic (exact) mass is 244 g/mol.